The smallest absolute Gasteiger partial charge is 0.123 e. The first-order valence-corrected chi connectivity index (χ1v) is 7.34. The van der Waals surface area contributed by atoms with Crippen molar-refractivity contribution in [3.8, 4) is 0 Å². The molecule has 0 N–H and O–H groups in total. The maximum absolute atomic E-state index is 13.3. The van der Waals surface area contributed by atoms with E-state index in [2.05, 4.69) is 17.0 Å². The van der Waals surface area contributed by atoms with Gasteiger partial charge in [0.1, 0.15) is 5.82 Å². The number of likely N-dealkylation sites (tertiary alicyclic amines) is 1. The van der Waals surface area contributed by atoms with Crippen molar-refractivity contribution < 1.29 is 4.39 Å². The average molecular weight is 290 g/mol. The van der Waals surface area contributed by atoms with Crippen LogP contribution in [0.4, 0.5) is 4.39 Å². The molecule has 1 aliphatic rings. The Morgan fingerprint density at radius 3 is 2.70 bits per heavy atom. The molecule has 0 saturated carbocycles. The third-order valence-electron chi connectivity index (χ3n) is 3.89. The summed E-state index contributed by atoms with van der Waals surface area (Å²) in [6.07, 6.45) is 2.33. The van der Waals surface area contributed by atoms with Crippen LogP contribution >= 0.6 is 11.6 Å². The van der Waals surface area contributed by atoms with Crippen LogP contribution in [-0.4, -0.2) is 11.4 Å². The summed E-state index contributed by atoms with van der Waals surface area (Å²) >= 11 is 5.95. The van der Waals surface area contributed by atoms with Gasteiger partial charge in [-0.1, -0.05) is 35.9 Å². The van der Waals surface area contributed by atoms with E-state index in [9.17, 15) is 4.39 Å². The van der Waals surface area contributed by atoms with Crippen LogP contribution in [0.2, 0.25) is 5.02 Å². The Morgan fingerprint density at radius 2 is 1.95 bits per heavy atom. The summed E-state index contributed by atoms with van der Waals surface area (Å²) in [6.45, 7) is 1.86. The first-order valence-electron chi connectivity index (χ1n) is 6.96. The van der Waals surface area contributed by atoms with E-state index >= 15 is 0 Å². The Morgan fingerprint density at radius 1 is 1.15 bits per heavy atom. The minimum absolute atomic E-state index is 0.162. The molecule has 3 heteroatoms. The van der Waals surface area contributed by atoms with E-state index < -0.39 is 0 Å². The average Bonchev–Trinajstić information content (AvgIpc) is 2.88. The minimum Gasteiger partial charge on any atom is -0.292 e. The van der Waals surface area contributed by atoms with Crippen molar-refractivity contribution in [3.05, 3.63) is 70.5 Å². The van der Waals surface area contributed by atoms with Crippen molar-refractivity contribution in [1.29, 1.82) is 0 Å². The lowest BCUT2D eigenvalue weighted by molar-refractivity contribution is 0.248. The van der Waals surface area contributed by atoms with E-state index in [0.717, 1.165) is 30.1 Å². The van der Waals surface area contributed by atoms with E-state index in [-0.39, 0.29) is 5.82 Å². The molecule has 1 unspecified atom stereocenters. The van der Waals surface area contributed by atoms with Crippen molar-refractivity contribution in [1.82, 2.24) is 4.90 Å². The fourth-order valence-electron chi connectivity index (χ4n) is 2.95. The molecule has 1 heterocycles. The van der Waals surface area contributed by atoms with Gasteiger partial charge in [-0.3, -0.25) is 4.90 Å². The topological polar surface area (TPSA) is 3.24 Å². The monoisotopic (exact) mass is 289 g/mol. The molecule has 0 radical (unpaired) electrons. The molecule has 3 rings (SSSR count). The fraction of sp³-hybridized carbons (Fsp3) is 0.294. The van der Waals surface area contributed by atoms with Crippen LogP contribution in [0.1, 0.15) is 30.0 Å². The van der Waals surface area contributed by atoms with E-state index in [1.807, 2.05) is 18.2 Å². The molecule has 1 nitrogen and oxygen atoms in total. The molecule has 0 aliphatic carbocycles. The third kappa shape index (κ3) is 3.02. The lowest BCUT2D eigenvalue weighted by atomic mass is 10.0. The molecule has 1 fully saturated rings. The van der Waals surface area contributed by atoms with Crippen molar-refractivity contribution in [2.45, 2.75) is 25.4 Å². The number of benzene rings is 2. The van der Waals surface area contributed by atoms with Gasteiger partial charge in [-0.15, -0.1) is 0 Å². The Labute approximate surface area is 124 Å². The second-order valence-corrected chi connectivity index (χ2v) is 5.75. The summed E-state index contributed by atoms with van der Waals surface area (Å²) < 4.78 is 13.3. The van der Waals surface area contributed by atoms with Crippen molar-refractivity contribution in [3.63, 3.8) is 0 Å². The van der Waals surface area contributed by atoms with Gasteiger partial charge in [0.05, 0.1) is 0 Å². The minimum atomic E-state index is -0.162. The maximum atomic E-state index is 13.3. The van der Waals surface area contributed by atoms with Crippen LogP contribution in [0, 0.1) is 5.82 Å². The van der Waals surface area contributed by atoms with E-state index in [4.69, 9.17) is 11.6 Å². The van der Waals surface area contributed by atoms with Gasteiger partial charge in [-0.25, -0.2) is 4.39 Å². The standard InChI is InChI=1S/C17H17ClFN/c18-15-8-6-14(7-9-15)17-5-2-10-20(17)12-13-3-1-4-16(19)11-13/h1,3-4,6-9,11,17H,2,5,10,12H2. The van der Waals surface area contributed by atoms with Gasteiger partial charge in [-0.2, -0.15) is 0 Å². The number of hydrogen-bond acceptors (Lipinski definition) is 1. The molecular formula is C17H17ClFN. The predicted octanol–water partition coefficient (Wildman–Crippen LogP) is 4.82. The summed E-state index contributed by atoms with van der Waals surface area (Å²) in [4.78, 5) is 2.41. The molecule has 2 aromatic carbocycles. The van der Waals surface area contributed by atoms with Crippen molar-refractivity contribution in [2.24, 2.45) is 0 Å². The summed E-state index contributed by atoms with van der Waals surface area (Å²) in [5.74, 6) is -0.162. The molecule has 1 atom stereocenters. The highest BCUT2D eigenvalue weighted by molar-refractivity contribution is 6.30. The normalized spacial score (nSPS) is 19.4. The Kier molecular flexibility index (Phi) is 4.04. The molecule has 104 valence electrons. The summed E-state index contributed by atoms with van der Waals surface area (Å²) in [5, 5.41) is 0.767. The molecule has 1 aliphatic heterocycles. The van der Waals surface area contributed by atoms with Crippen LogP contribution in [-0.2, 0) is 6.54 Å². The molecule has 2 aromatic rings. The lowest BCUT2D eigenvalue weighted by Crippen LogP contribution is -2.22. The van der Waals surface area contributed by atoms with E-state index in [1.165, 1.54) is 18.1 Å². The molecule has 1 saturated heterocycles. The lowest BCUT2D eigenvalue weighted by Gasteiger charge is -2.25. The second-order valence-electron chi connectivity index (χ2n) is 5.31. The predicted molar refractivity (Wildman–Crippen MR) is 80.2 cm³/mol. The van der Waals surface area contributed by atoms with Gasteiger partial charge in [0.25, 0.3) is 0 Å². The third-order valence-corrected chi connectivity index (χ3v) is 4.15. The highest BCUT2D eigenvalue weighted by atomic mass is 35.5. The molecule has 20 heavy (non-hydrogen) atoms. The first-order chi connectivity index (χ1) is 9.72. The van der Waals surface area contributed by atoms with E-state index in [0.29, 0.717) is 6.04 Å². The second kappa shape index (κ2) is 5.94. The van der Waals surface area contributed by atoms with Crippen molar-refractivity contribution >= 4 is 11.6 Å². The van der Waals surface area contributed by atoms with Gasteiger partial charge in [0.15, 0.2) is 0 Å². The molecular weight excluding hydrogens is 273 g/mol. The highest BCUT2D eigenvalue weighted by Gasteiger charge is 2.25. The summed E-state index contributed by atoms with van der Waals surface area (Å²) in [6, 6.07) is 15.4. The Balaban J connectivity index is 1.77. The summed E-state index contributed by atoms with van der Waals surface area (Å²) in [7, 11) is 0. The van der Waals surface area contributed by atoms with Gasteiger partial charge in [-0.05, 0) is 54.8 Å². The zero-order valence-electron chi connectivity index (χ0n) is 11.2. The van der Waals surface area contributed by atoms with E-state index in [1.54, 1.807) is 12.1 Å². The zero-order valence-corrected chi connectivity index (χ0v) is 12.0. The molecule has 0 aromatic heterocycles. The zero-order chi connectivity index (χ0) is 13.9. The van der Waals surface area contributed by atoms with Crippen LogP contribution in [0.25, 0.3) is 0 Å². The van der Waals surface area contributed by atoms with Crippen LogP contribution < -0.4 is 0 Å². The Bertz CT molecular complexity index is 582. The van der Waals surface area contributed by atoms with Gasteiger partial charge >= 0.3 is 0 Å². The SMILES string of the molecule is Fc1cccc(CN2CCCC2c2ccc(Cl)cc2)c1. The number of rotatable bonds is 3. The maximum Gasteiger partial charge on any atom is 0.123 e. The first kappa shape index (κ1) is 13.6. The Hall–Kier alpha value is -1.38. The van der Waals surface area contributed by atoms with Crippen molar-refractivity contribution in [2.75, 3.05) is 6.54 Å². The number of nitrogens with zero attached hydrogens (tertiary/aromatic N) is 1. The quantitative estimate of drug-likeness (QED) is 0.783. The summed E-state index contributed by atoms with van der Waals surface area (Å²) in [5.41, 5.74) is 2.33. The molecule has 0 amide bonds. The highest BCUT2D eigenvalue weighted by Crippen LogP contribution is 2.33. The van der Waals surface area contributed by atoms with Crippen LogP contribution in [0.5, 0.6) is 0 Å². The number of halogens is 2. The largest absolute Gasteiger partial charge is 0.292 e. The van der Waals surface area contributed by atoms with Gasteiger partial charge in [0, 0.05) is 17.6 Å². The van der Waals surface area contributed by atoms with Gasteiger partial charge in [0.2, 0.25) is 0 Å². The van der Waals surface area contributed by atoms with Crippen LogP contribution in [0.3, 0.4) is 0 Å². The molecule has 0 bridgehead atoms. The van der Waals surface area contributed by atoms with Gasteiger partial charge < -0.3 is 0 Å². The van der Waals surface area contributed by atoms with Crippen LogP contribution in [0.15, 0.2) is 48.5 Å². The molecule has 0 spiro atoms. The fourth-order valence-corrected chi connectivity index (χ4v) is 3.07. The number of hydrogen-bond donors (Lipinski definition) is 0.